The zero-order valence-corrected chi connectivity index (χ0v) is 7.12. The molecule has 0 aliphatic rings. The van der Waals surface area contributed by atoms with E-state index >= 15 is 0 Å². The van der Waals surface area contributed by atoms with E-state index in [9.17, 15) is 13.0 Å². The van der Waals surface area contributed by atoms with E-state index in [1.807, 2.05) is 0 Å². The average molecular weight is 186 g/mol. The molecule has 0 aliphatic carbocycles. The first-order valence-corrected chi connectivity index (χ1v) is 5.17. The highest BCUT2D eigenvalue weighted by Crippen LogP contribution is 1.99. The summed E-state index contributed by atoms with van der Waals surface area (Å²) in [5, 5.41) is 0. The van der Waals surface area contributed by atoms with Gasteiger partial charge >= 0.3 is 0 Å². The maximum Gasteiger partial charge on any atom is 0.294 e. The number of unbranched alkanes of at least 4 members (excludes halogenated alkanes) is 2. The second kappa shape index (κ2) is 4.93. The van der Waals surface area contributed by atoms with Crippen LogP contribution in [0.1, 0.15) is 19.3 Å². The van der Waals surface area contributed by atoms with Gasteiger partial charge in [-0.1, -0.05) is 11.0 Å². The Labute approximate surface area is 66.1 Å². The second-order valence-electron chi connectivity index (χ2n) is 2.01. The third kappa shape index (κ3) is 8.20. The molecule has 10 heavy (non-hydrogen) atoms. The number of alkyl halides is 1. The molecule has 0 aromatic rings. The number of rotatable bonds is 5. The summed E-state index contributed by atoms with van der Waals surface area (Å²) in [4.78, 5) is 0. The molecule has 0 heterocycles. The summed E-state index contributed by atoms with van der Waals surface area (Å²) in [6, 6.07) is 0. The lowest BCUT2D eigenvalue weighted by Gasteiger charge is -1.93. The van der Waals surface area contributed by atoms with Crippen LogP contribution in [0.2, 0.25) is 0 Å². The van der Waals surface area contributed by atoms with Crippen molar-refractivity contribution >= 4 is 21.7 Å². The van der Waals surface area contributed by atoms with E-state index in [-0.39, 0.29) is 5.75 Å². The third-order valence-corrected chi connectivity index (χ3v) is 2.08. The lowest BCUT2D eigenvalue weighted by Crippen LogP contribution is -2.01. The van der Waals surface area contributed by atoms with Crippen molar-refractivity contribution in [2.45, 2.75) is 19.3 Å². The Hall–Kier alpha value is 0.200. The third-order valence-electron chi connectivity index (χ3n) is 1.03. The van der Waals surface area contributed by atoms with Gasteiger partial charge in [0.1, 0.15) is 0 Å². The highest BCUT2D eigenvalue weighted by Gasteiger charge is 2.04. The van der Waals surface area contributed by atoms with Crippen LogP contribution < -0.4 is 0 Å². The Balaban J connectivity index is 3.21. The summed E-state index contributed by atoms with van der Waals surface area (Å²) in [7, 11) is -4.00. The van der Waals surface area contributed by atoms with Gasteiger partial charge in [-0.05, 0) is 12.8 Å². The topological polar surface area (TPSA) is 54.0 Å². The molecule has 0 aromatic heterocycles. The number of hydrogen-bond donors (Lipinski definition) is 0. The van der Waals surface area contributed by atoms with E-state index in [4.69, 9.17) is 11.6 Å². The zero-order chi connectivity index (χ0) is 8.04. The van der Waals surface area contributed by atoms with Crippen LogP contribution in [-0.4, -0.2) is 20.1 Å². The molecule has 0 saturated carbocycles. The molecule has 3 nitrogen and oxygen atoms in total. The average Bonchev–Trinajstić information content (AvgIpc) is 1.78. The fraction of sp³-hybridized carbons (Fsp3) is 1.00. The SMILES string of the molecule is [O]S(=O)(=O)CCCCCCl. The van der Waals surface area contributed by atoms with E-state index in [0.717, 1.165) is 6.42 Å². The molecule has 0 N–H and O–H groups in total. The molecule has 0 atom stereocenters. The zero-order valence-electron chi connectivity index (χ0n) is 5.55. The largest absolute Gasteiger partial charge is 0.294 e. The van der Waals surface area contributed by atoms with Gasteiger partial charge < -0.3 is 0 Å². The molecular weight excluding hydrogens is 176 g/mol. The number of hydrogen-bond acceptors (Lipinski definition) is 2. The monoisotopic (exact) mass is 185 g/mol. The smallest absolute Gasteiger partial charge is 0.197 e. The van der Waals surface area contributed by atoms with Gasteiger partial charge in [0.2, 0.25) is 0 Å². The Bertz CT molecular complexity index is 164. The molecule has 0 aliphatic heterocycles. The van der Waals surface area contributed by atoms with Gasteiger partial charge in [-0.25, -0.2) is 0 Å². The van der Waals surface area contributed by atoms with Crippen molar-refractivity contribution in [2.75, 3.05) is 11.6 Å². The Morgan fingerprint density at radius 2 is 1.70 bits per heavy atom. The summed E-state index contributed by atoms with van der Waals surface area (Å²) in [6.45, 7) is 0. The minimum absolute atomic E-state index is 0.260. The van der Waals surface area contributed by atoms with Gasteiger partial charge in [-0.3, -0.25) is 0 Å². The minimum atomic E-state index is -4.00. The van der Waals surface area contributed by atoms with Crippen LogP contribution in [-0.2, 0) is 14.7 Å². The van der Waals surface area contributed by atoms with Gasteiger partial charge in [0.05, 0.1) is 5.75 Å². The van der Waals surface area contributed by atoms with Crippen molar-refractivity contribution in [2.24, 2.45) is 0 Å². The van der Waals surface area contributed by atoms with Crippen LogP contribution in [0.4, 0.5) is 0 Å². The summed E-state index contributed by atoms with van der Waals surface area (Å²) in [6.07, 6.45) is 1.92. The van der Waals surface area contributed by atoms with Crippen LogP contribution in [0.3, 0.4) is 0 Å². The maximum absolute atomic E-state index is 10.0. The number of halogens is 1. The van der Waals surface area contributed by atoms with Crippen LogP contribution in [0, 0.1) is 0 Å². The van der Waals surface area contributed by atoms with Crippen molar-refractivity contribution in [1.29, 1.82) is 0 Å². The summed E-state index contributed by atoms with van der Waals surface area (Å²) >= 11 is 5.32. The molecule has 0 unspecified atom stereocenters. The van der Waals surface area contributed by atoms with Crippen molar-refractivity contribution in [3.8, 4) is 0 Å². The van der Waals surface area contributed by atoms with Gasteiger partial charge in [-0.2, -0.15) is 8.42 Å². The first-order valence-electron chi connectivity index (χ1n) is 3.06. The minimum Gasteiger partial charge on any atom is -0.197 e. The quantitative estimate of drug-likeness (QED) is 0.477. The van der Waals surface area contributed by atoms with E-state index in [1.54, 1.807) is 0 Å². The van der Waals surface area contributed by atoms with Crippen molar-refractivity contribution < 1.29 is 13.0 Å². The fourth-order valence-electron chi connectivity index (χ4n) is 0.550. The molecule has 61 valence electrons. The first kappa shape index (κ1) is 10.2. The van der Waals surface area contributed by atoms with Gasteiger partial charge in [0.25, 0.3) is 10.1 Å². The summed E-state index contributed by atoms with van der Waals surface area (Å²) < 4.78 is 30.0. The van der Waals surface area contributed by atoms with Crippen LogP contribution in [0.15, 0.2) is 0 Å². The lowest BCUT2D eigenvalue weighted by atomic mass is 10.3. The lowest BCUT2D eigenvalue weighted by molar-refractivity contribution is 0.412. The van der Waals surface area contributed by atoms with Crippen molar-refractivity contribution in [1.82, 2.24) is 0 Å². The predicted octanol–water partition coefficient (Wildman–Crippen LogP) is 1.16. The van der Waals surface area contributed by atoms with Crippen LogP contribution >= 0.6 is 11.6 Å². The van der Waals surface area contributed by atoms with Crippen LogP contribution in [0.5, 0.6) is 0 Å². The molecule has 0 amide bonds. The molecule has 0 aromatic carbocycles. The van der Waals surface area contributed by atoms with Crippen LogP contribution in [0.25, 0.3) is 0 Å². The molecule has 1 radical (unpaired) electrons. The van der Waals surface area contributed by atoms with Gasteiger partial charge in [-0.15, -0.1) is 11.6 Å². The summed E-state index contributed by atoms with van der Waals surface area (Å²) in [5.74, 6) is 0.267. The summed E-state index contributed by atoms with van der Waals surface area (Å²) in [5.41, 5.74) is 0. The van der Waals surface area contributed by atoms with E-state index in [1.165, 1.54) is 0 Å². The van der Waals surface area contributed by atoms with Crippen molar-refractivity contribution in [3.05, 3.63) is 0 Å². The normalized spacial score (nSPS) is 11.8. The Morgan fingerprint density at radius 3 is 2.10 bits per heavy atom. The molecule has 0 fully saturated rings. The molecule has 5 heteroatoms. The van der Waals surface area contributed by atoms with E-state index in [2.05, 4.69) is 0 Å². The van der Waals surface area contributed by atoms with E-state index in [0.29, 0.717) is 18.7 Å². The Kier molecular flexibility index (Phi) is 5.03. The predicted molar refractivity (Wildman–Crippen MR) is 39.0 cm³/mol. The first-order chi connectivity index (χ1) is 4.56. The highest BCUT2D eigenvalue weighted by molar-refractivity contribution is 7.85. The fourth-order valence-corrected chi connectivity index (χ4v) is 1.30. The highest BCUT2D eigenvalue weighted by atomic mass is 35.5. The standard InChI is InChI=1S/C5H10ClO3S/c6-4-2-1-3-5-10(7,8)9/h1-5H2. The molecule has 0 rings (SSSR count). The molecule has 0 bridgehead atoms. The second-order valence-corrected chi connectivity index (χ2v) is 3.91. The van der Waals surface area contributed by atoms with Gasteiger partial charge in [0.15, 0.2) is 0 Å². The van der Waals surface area contributed by atoms with Gasteiger partial charge in [0, 0.05) is 5.88 Å². The van der Waals surface area contributed by atoms with E-state index < -0.39 is 10.1 Å². The maximum atomic E-state index is 10.0. The molecule has 0 spiro atoms. The Morgan fingerprint density at radius 1 is 1.10 bits per heavy atom. The van der Waals surface area contributed by atoms with Crippen molar-refractivity contribution in [3.63, 3.8) is 0 Å². The molecule has 0 saturated heterocycles. The molecular formula is C5H10ClO3S.